The molecule has 1 atom stereocenters. The minimum Gasteiger partial charge on any atom is -0.423 e. The van der Waals surface area contributed by atoms with Gasteiger partial charge in [0.15, 0.2) is 0 Å². The van der Waals surface area contributed by atoms with Gasteiger partial charge in [-0.3, -0.25) is 9.69 Å². The van der Waals surface area contributed by atoms with E-state index in [0.717, 1.165) is 42.4 Å². The van der Waals surface area contributed by atoms with Crippen molar-refractivity contribution >= 4 is 16.9 Å². The molecule has 156 valence electrons. The Morgan fingerprint density at radius 1 is 1.10 bits per heavy atom. The summed E-state index contributed by atoms with van der Waals surface area (Å²) in [6, 6.07) is 8.11. The molecular weight excluding hydrogens is 364 g/mol. The highest BCUT2D eigenvalue weighted by atomic mass is 16.4. The van der Waals surface area contributed by atoms with Crippen molar-refractivity contribution in [2.45, 2.75) is 76.8 Å². The van der Waals surface area contributed by atoms with Gasteiger partial charge < -0.3 is 9.73 Å². The quantitative estimate of drug-likeness (QED) is 0.628. The third kappa shape index (κ3) is 5.08. The Morgan fingerprint density at radius 2 is 1.90 bits per heavy atom. The molecule has 1 aliphatic heterocycles. The fourth-order valence-electron chi connectivity index (χ4n) is 5.01. The summed E-state index contributed by atoms with van der Waals surface area (Å²) in [7, 11) is 0. The molecule has 1 aliphatic carbocycles. The number of carbonyl (C=O) groups is 1. The van der Waals surface area contributed by atoms with Crippen molar-refractivity contribution in [3.8, 4) is 0 Å². The molecule has 0 bridgehead atoms. The average molecular weight is 397 g/mol. The first-order chi connectivity index (χ1) is 14.1. The van der Waals surface area contributed by atoms with E-state index >= 15 is 0 Å². The molecule has 1 amide bonds. The molecular formula is C24H32N2O3. The van der Waals surface area contributed by atoms with Gasteiger partial charge in [0.2, 0.25) is 5.91 Å². The fourth-order valence-corrected chi connectivity index (χ4v) is 5.01. The van der Waals surface area contributed by atoms with Gasteiger partial charge in [0.05, 0.1) is 6.42 Å². The maximum atomic E-state index is 12.8. The van der Waals surface area contributed by atoms with Crippen LogP contribution in [-0.4, -0.2) is 36.0 Å². The van der Waals surface area contributed by atoms with Gasteiger partial charge in [0.25, 0.3) is 0 Å². The van der Waals surface area contributed by atoms with Gasteiger partial charge >= 0.3 is 5.63 Å². The molecule has 4 rings (SSSR count). The van der Waals surface area contributed by atoms with Crippen LogP contribution in [0, 0.1) is 6.92 Å². The Morgan fingerprint density at radius 3 is 2.69 bits per heavy atom. The van der Waals surface area contributed by atoms with Crippen molar-refractivity contribution in [1.82, 2.24) is 10.2 Å². The molecule has 1 N–H and O–H groups in total. The maximum Gasteiger partial charge on any atom is 0.336 e. The predicted octanol–water partition coefficient (Wildman–Crippen LogP) is 3.95. The van der Waals surface area contributed by atoms with Gasteiger partial charge in [0.1, 0.15) is 5.58 Å². The molecule has 2 aromatic rings. The number of nitrogens with one attached hydrogen (secondary N) is 1. The number of rotatable bonds is 4. The van der Waals surface area contributed by atoms with Crippen LogP contribution in [0.3, 0.4) is 0 Å². The Kier molecular flexibility index (Phi) is 6.34. The van der Waals surface area contributed by atoms with Crippen molar-refractivity contribution in [3.63, 3.8) is 0 Å². The van der Waals surface area contributed by atoms with Gasteiger partial charge in [0, 0.05) is 30.1 Å². The summed E-state index contributed by atoms with van der Waals surface area (Å²) in [5.74, 6) is -0.00908. The van der Waals surface area contributed by atoms with Crippen LogP contribution in [0.2, 0.25) is 0 Å². The van der Waals surface area contributed by atoms with Crippen LogP contribution >= 0.6 is 0 Å². The van der Waals surface area contributed by atoms with Gasteiger partial charge in [-0.25, -0.2) is 4.79 Å². The zero-order valence-electron chi connectivity index (χ0n) is 17.4. The SMILES string of the molecule is Cc1ccc2c(CC(=O)NC3CCCN(C4CCCCCC4)C3)cc(=O)oc2c1. The largest absolute Gasteiger partial charge is 0.423 e. The second-order valence-electron chi connectivity index (χ2n) is 8.81. The lowest BCUT2D eigenvalue weighted by molar-refractivity contribution is -0.121. The second-order valence-corrected chi connectivity index (χ2v) is 8.81. The van der Waals surface area contributed by atoms with E-state index in [1.54, 1.807) is 0 Å². The van der Waals surface area contributed by atoms with Crippen LogP contribution in [0.4, 0.5) is 0 Å². The predicted molar refractivity (Wildman–Crippen MR) is 115 cm³/mol. The third-order valence-electron chi connectivity index (χ3n) is 6.50. The summed E-state index contributed by atoms with van der Waals surface area (Å²) in [5, 5.41) is 4.08. The van der Waals surface area contributed by atoms with E-state index in [4.69, 9.17) is 4.42 Å². The van der Waals surface area contributed by atoms with Crippen LogP contribution in [0.25, 0.3) is 11.0 Å². The number of likely N-dealkylation sites (tertiary alicyclic amines) is 1. The van der Waals surface area contributed by atoms with Crippen molar-refractivity contribution < 1.29 is 9.21 Å². The van der Waals surface area contributed by atoms with Crippen LogP contribution in [0.5, 0.6) is 0 Å². The summed E-state index contributed by atoms with van der Waals surface area (Å²) >= 11 is 0. The number of aryl methyl sites for hydroxylation is 1. The monoisotopic (exact) mass is 396 g/mol. The summed E-state index contributed by atoms with van der Waals surface area (Å²) in [6.45, 7) is 4.07. The first-order valence-electron chi connectivity index (χ1n) is 11.2. The second kappa shape index (κ2) is 9.12. The van der Waals surface area contributed by atoms with Crippen molar-refractivity contribution in [2.75, 3.05) is 13.1 Å². The number of carbonyl (C=O) groups excluding carboxylic acids is 1. The number of nitrogens with zero attached hydrogens (tertiary/aromatic N) is 1. The fraction of sp³-hybridized carbons (Fsp3) is 0.583. The van der Waals surface area contributed by atoms with Gasteiger partial charge in [-0.2, -0.15) is 0 Å². The highest BCUT2D eigenvalue weighted by molar-refractivity contribution is 5.87. The molecule has 0 radical (unpaired) electrons. The van der Waals surface area contributed by atoms with Gasteiger partial charge in [-0.15, -0.1) is 0 Å². The summed E-state index contributed by atoms with van der Waals surface area (Å²) < 4.78 is 5.31. The summed E-state index contributed by atoms with van der Waals surface area (Å²) in [6.07, 6.45) is 10.4. The average Bonchev–Trinajstić information content (AvgIpc) is 2.97. The number of fused-ring (bicyclic) bond motifs is 1. The Bertz CT molecular complexity index is 912. The van der Waals surface area contributed by atoms with E-state index in [9.17, 15) is 9.59 Å². The molecule has 1 aromatic heterocycles. The smallest absolute Gasteiger partial charge is 0.336 e. The number of amides is 1. The Labute approximate surface area is 172 Å². The number of piperidine rings is 1. The number of hydrogen-bond donors (Lipinski definition) is 1. The standard InChI is InChI=1S/C24H32N2O3/c1-17-10-11-21-18(15-24(28)29-22(21)13-17)14-23(27)25-19-7-6-12-26(16-19)20-8-4-2-3-5-9-20/h10-11,13,15,19-20H,2-9,12,14,16H2,1H3,(H,25,27). The molecule has 5 nitrogen and oxygen atoms in total. The topological polar surface area (TPSA) is 62.6 Å². The van der Waals surface area contributed by atoms with E-state index < -0.39 is 5.63 Å². The molecule has 1 aromatic carbocycles. The third-order valence-corrected chi connectivity index (χ3v) is 6.50. The van der Waals surface area contributed by atoms with Crippen LogP contribution in [0.1, 0.15) is 62.5 Å². The molecule has 2 heterocycles. The Balaban J connectivity index is 1.40. The molecule has 0 spiro atoms. The minimum absolute atomic E-state index is 0.00908. The maximum absolute atomic E-state index is 12.8. The van der Waals surface area contributed by atoms with E-state index in [1.807, 2.05) is 25.1 Å². The van der Waals surface area contributed by atoms with E-state index in [-0.39, 0.29) is 18.4 Å². The lowest BCUT2D eigenvalue weighted by Crippen LogP contribution is -2.51. The van der Waals surface area contributed by atoms with Crippen LogP contribution in [0.15, 0.2) is 33.5 Å². The molecule has 1 saturated heterocycles. The van der Waals surface area contributed by atoms with Crippen molar-refractivity contribution in [1.29, 1.82) is 0 Å². The lowest BCUT2D eigenvalue weighted by Gasteiger charge is -2.38. The zero-order chi connectivity index (χ0) is 20.2. The van der Waals surface area contributed by atoms with Gasteiger partial charge in [-0.05, 0) is 56.3 Å². The summed E-state index contributed by atoms with van der Waals surface area (Å²) in [4.78, 5) is 27.3. The normalized spacial score (nSPS) is 21.8. The number of hydrogen-bond acceptors (Lipinski definition) is 4. The zero-order valence-corrected chi connectivity index (χ0v) is 17.4. The van der Waals surface area contributed by atoms with E-state index in [0.29, 0.717) is 11.6 Å². The highest BCUT2D eigenvalue weighted by Crippen LogP contribution is 2.25. The minimum atomic E-state index is -0.400. The molecule has 5 heteroatoms. The van der Waals surface area contributed by atoms with E-state index in [2.05, 4.69) is 10.2 Å². The van der Waals surface area contributed by atoms with Crippen molar-refractivity contribution in [3.05, 3.63) is 45.8 Å². The molecule has 29 heavy (non-hydrogen) atoms. The molecule has 2 aliphatic rings. The highest BCUT2D eigenvalue weighted by Gasteiger charge is 2.27. The van der Waals surface area contributed by atoms with Crippen molar-refractivity contribution in [2.24, 2.45) is 0 Å². The van der Waals surface area contributed by atoms with Crippen LogP contribution in [-0.2, 0) is 11.2 Å². The molecule has 1 saturated carbocycles. The van der Waals surface area contributed by atoms with Crippen LogP contribution < -0.4 is 10.9 Å². The first-order valence-corrected chi connectivity index (χ1v) is 11.2. The lowest BCUT2D eigenvalue weighted by atomic mass is 9.99. The van der Waals surface area contributed by atoms with E-state index in [1.165, 1.54) is 44.6 Å². The molecule has 2 fully saturated rings. The summed E-state index contributed by atoms with van der Waals surface area (Å²) in [5.41, 5.74) is 1.92. The first kappa shape index (κ1) is 20.1. The van der Waals surface area contributed by atoms with Gasteiger partial charge in [-0.1, -0.05) is 37.8 Å². The number of benzene rings is 1. The Hall–Kier alpha value is -2.14. The molecule has 1 unspecified atom stereocenters.